The topological polar surface area (TPSA) is 34.9 Å². The van der Waals surface area contributed by atoms with Crippen LogP contribution in [0.3, 0.4) is 0 Å². The lowest BCUT2D eigenvalue weighted by Gasteiger charge is -2.02. The molecule has 1 heterocycles. The molecule has 3 rings (SSSR count). The molecule has 132 valence electrons. The van der Waals surface area contributed by atoms with Crippen molar-refractivity contribution in [3.8, 4) is 5.69 Å². The quantitative estimate of drug-likeness (QED) is 0.381. The molecule has 0 saturated carbocycles. The van der Waals surface area contributed by atoms with Gasteiger partial charge >= 0.3 is 0 Å². The zero-order chi connectivity index (χ0) is 18.8. The van der Waals surface area contributed by atoms with Crippen LogP contribution in [0.15, 0.2) is 48.5 Å². The summed E-state index contributed by atoms with van der Waals surface area (Å²) < 4.78 is 14.6. The highest BCUT2D eigenvalue weighted by Gasteiger charge is 2.14. The third-order valence-corrected chi connectivity index (χ3v) is 4.64. The molecule has 1 aromatic heterocycles. The molecule has 0 radical (unpaired) electrons. The van der Waals surface area contributed by atoms with Crippen LogP contribution in [0.4, 0.5) is 4.39 Å². The molecule has 0 fully saturated rings. The van der Waals surface area contributed by atoms with Gasteiger partial charge in [-0.05, 0) is 61.5 Å². The van der Waals surface area contributed by atoms with E-state index >= 15 is 0 Å². The van der Waals surface area contributed by atoms with Crippen LogP contribution >= 0.6 is 34.8 Å². The number of rotatable bonds is 4. The maximum Gasteiger partial charge on any atom is 0.187 e. The molecule has 0 unspecified atom stereocenters. The first-order chi connectivity index (χ1) is 12.4. The molecule has 0 spiro atoms. The molecule has 0 atom stereocenters. The average Bonchev–Trinajstić information content (AvgIpc) is 2.90. The van der Waals surface area contributed by atoms with Crippen LogP contribution in [0.1, 0.15) is 21.6 Å². The summed E-state index contributed by atoms with van der Waals surface area (Å²) in [6, 6.07) is 10.5. The van der Waals surface area contributed by atoms with Crippen LogP contribution in [0.2, 0.25) is 15.2 Å². The second kappa shape index (κ2) is 7.62. The normalized spacial score (nSPS) is 11.3. The Hall–Kier alpha value is -2.14. The first kappa shape index (κ1) is 18.6. The van der Waals surface area contributed by atoms with Gasteiger partial charge in [-0.2, -0.15) is 5.10 Å². The lowest BCUT2D eigenvalue weighted by atomic mass is 10.1. The maximum atomic E-state index is 13.1. The van der Waals surface area contributed by atoms with Gasteiger partial charge in [-0.1, -0.05) is 34.8 Å². The van der Waals surface area contributed by atoms with E-state index in [1.807, 2.05) is 0 Å². The van der Waals surface area contributed by atoms with Gasteiger partial charge in [0.2, 0.25) is 0 Å². The summed E-state index contributed by atoms with van der Waals surface area (Å²) in [6.45, 7) is 1.77. The minimum atomic E-state index is -0.349. The predicted octanol–water partition coefficient (Wildman–Crippen LogP) is 6.18. The minimum absolute atomic E-state index is 0.301. The van der Waals surface area contributed by atoms with Crippen molar-refractivity contribution in [2.45, 2.75) is 6.92 Å². The van der Waals surface area contributed by atoms with E-state index in [4.69, 9.17) is 34.8 Å². The van der Waals surface area contributed by atoms with E-state index in [1.54, 1.807) is 37.3 Å². The fraction of sp³-hybridized carbons (Fsp3) is 0.0526. The fourth-order valence-electron chi connectivity index (χ4n) is 2.39. The van der Waals surface area contributed by atoms with E-state index in [0.29, 0.717) is 37.7 Å². The molecule has 7 heteroatoms. The van der Waals surface area contributed by atoms with Crippen molar-refractivity contribution in [3.63, 3.8) is 0 Å². The molecule has 26 heavy (non-hydrogen) atoms. The summed E-state index contributed by atoms with van der Waals surface area (Å²) in [5.74, 6) is -0.652. The highest BCUT2D eigenvalue weighted by molar-refractivity contribution is 6.36. The summed E-state index contributed by atoms with van der Waals surface area (Å²) in [4.78, 5) is 12.4. The van der Waals surface area contributed by atoms with Crippen LogP contribution in [-0.4, -0.2) is 15.6 Å². The van der Waals surface area contributed by atoms with Crippen molar-refractivity contribution in [2.24, 2.45) is 0 Å². The SMILES string of the molecule is Cc1nn(-c2ccc(F)cc2)c(Cl)c1/C=C/C(=O)c1cc(Cl)ccc1Cl. The summed E-state index contributed by atoms with van der Waals surface area (Å²) in [6.07, 6.45) is 2.94. The Balaban J connectivity index is 1.93. The molecule has 3 aromatic rings. The number of carbonyl (C=O) groups excluding carboxylic acids is 1. The summed E-state index contributed by atoms with van der Waals surface area (Å²) in [5.41, 5.74) is 2.13. The largest absolute Gasteiger partial charge is 0.289 e. The van der Waals surface area contributed by atoms with Gasteiger partial charge in [-0.25, -0.2) is 9.07 Å². The number of hydrogen-bond donors (Lipinski definition) is 0. The Morgan fingerprint density at radius 1 is 1.12 bits per heavy atom. The van der Waals surface area contributed by atoms with E-state index in [1.165, 1.54) is 29.0 Å². The first-order valence-corrected chi connectivity index (χ1v) is 8.68. The Morgan fingerprint density at radius 2 is 1.81 bits per heavy atom. The molecule has 0 amide bonds. The minimum Gasteiger partial charge on any atom is -0.289 e. The number of halogens is 4. The Kier molecular flexibility index (Phi) is 5.47. The van der Waals surface area contributed by atoms with E-state index < -0.39 is 0 Å². The van der Waals surface area contributed by atoms with Gasteiger partial charge in [-0.15, -0.1) is 0 Å². The third kappa shape index (κ3) is 3.83. The maximum absolute atomic E-state index is 13.1. The van der Waals surface area contributed by atoms with E-state index in [2.05, 4.69) is 5.10 Å². The molecule has 0 saturated heterocycles. The molecule has 0 aliphatic heterocycles. The van der Waals surface area contributed by atoms with Crippen LogP contribution in [0.5, 0.6) is 0 Å². The second-order valence-electron chi connectivity index (χ2n) is 5.50. The van der Waals surface area contributed by atoms with Gasteiger partial charge in [0.05, 0.1) is 16.4 Å². The molecule has 2 aromatic carbocycles. The third-order valence-electron chi connectivity index (χ3n) is 3.71. The van der Waals surface area contributed by atoms with Crippen LogP contribution in [-0.2, 0) is 0 Å². The van der Waals surface area contributed by atoms with Crippen molar-refractivity contribution in [1.29, 1.82) is 0 Å². The lowest BCUT2D eigenvalue weighted by Crippen LogP contribution is -1.96. The monoisotopic (exact) mass is 408 g/mol. The van der Waals surface area contributed by atoms with Crippen molar-refractivity contribution in [1.82, 2.24) is 9.78 Å². The second-order valence-corrected chi connectivity index (χ2v) is 6.70. The fourth-order valence-corrected chi connectivity index (χ4v) is 3.11. The van der Waals surface area contributed by atoms with Gasteiger partial charge in [0.1, 0.15) is 11.0 Å². The number of aryl methyl sites for hydroxylation is 1. The molecule has 0 aliphatic carbocycles. The number of carbonyl (C=O) groups is 1. The van der Waals surface area contributed by atoms with Crippen LogP contribution in [0.25, 0.3) is 11.8 Å². The number of nitrogens with zero attached hydrogens (tertiary/aromatic N) is 2. The van der Waals surface area contributed by atoms with Crippen molar-refractivity contribution < 1.29 is 9.18 Å². The van der Waals surface area contributed by atoms with Crippen molar-refractivity contribution in [2.75, 3.05) is 0 Å². The van der Waals surface area contributed by atoms with Crippen LogP contribution in [0, 0.1) is 12.7 Å². The molecular formula is C19H12Cl3FN2O. The van der Waals surface area contributed by atoms with E-state index in [9.17, 15) is 9.18 Å². The summed E-state index contributed by atoms with van der Waals surface area (Å²) in [5, 5.41) is 5.39. The van der Waals surface area contributed by atoms with Crippen LogP contribution < -0.4 is 0 Å². The van der Waals surface area contributed by atoms with Crippen molar-refractivity contribution >= 4 is 46.7 Å². The van der Waals surface area contributed by atoms with Gasteiger partial charge in [0.25, 0.3) is 0 Å². The summed E-state index contributed by atoms with van der Waals surface area (Å²) in [7, 11) is 0. The standard InChI is InChI=1S/C19H12Cl3FN2O/c1-11-15(7-9-18(26)16-10-12(20)2-8-17(16)21)19(22)25(24-11)14-5-3-13(23)4-6-14/h2-10H,1H3/b9-7+. The van der Waals surface area contributed by atoms with Crippen molar-refractivity contribution in [3.05, 3.63) is 86.4 Å². The number of allylic oxidation sites excluding steroid dienone is 1. The smallest absolute Gasteiger partial charge is 0.187 e. The zero-order valence-corrected chi connectivity index (χ0v) is 15.8. The number of ketones is 1. The molecule has 0 N–H and O–H groups in total. The van der Waals surface area contributed by atoms with Gasteiger partial charge < -0.3 is 0 Å². The van der Waals surface area contributed by atoms with Gasteiger partial charge in [0, 0.05) is 16.1 Å². The Labute approximate surface area is 164 Å². The van der Waals surface area contributed by atoms with Gasteiger partial charge in [-0.3, -0.25) is 4.79 Å². The lowest BCUT2D eigenvalue weighted by molar-refractivity contribution is 0.104. The predicted molar refractivity (Wildman–Crippen MR) is 103 cm³/mol. The van der Waals surface area contributed by atoms with Gasteiger partial charge in [0.15, 0.2) is 5.78 Å². The summed E-state index contributed by atoms with van der Waals surface area (Å²) >= 11 is 18.3. The zero-order valence-electron chi connectivity index (χ0n) is 13.5. The highest BCUT2D eigenvalue weighted by atomic mass is 35.5. The molecule has 0 bridgehead atoms. The highest BCUT2D eigenvalue weighted by Crippen LogP contribution is 2.26. The first-order valence-electron chi connectivity index (χ1n) is 7.55. The average molecular weight is 410 g/mol. The molecular weight excluding hydrogens is 398 g/mol. The number of benzene rings is 2. The Bertz CT molecular complexity index is 1010. The van der Waals surface area contributed by atoms with E-state index in [0.717, 1.165) is 0 Å². The van der Waals surface area contributed by atoms with E-state index in [-0.39, 0.29) is 11.6 Å². The number of aromatic nitrogens is 2. The number of hydrogen-bond acceptors (Lipinski definition) is 2. The molecule has 0 aliphatic rings. The molecule has 3 nitrogen and oxygen atoms in total. The Morgan fingerprint density at radius 3 is 2.50 bits per heavy atom.